The number of carbonyl (C=O) groups excluding carboxylic acids is 2. The molecule has 1 fully saturated rings. The summed E-state index contributed by atoms with van der Waals surface area (Å²) in [7, 11) is 0. The monoisotopic (exact) mass is 398 g/mol. The molecule has 2 atom stereocenters. The minimum atomic E-state index is -0.630. The zero-order valence-electron chi connectivity index (χ0n) is 18.7. The van der Waals surface area contributed by atoms with Gasteiger partial charge in [-0.3, -0.25) is 9.59 Å². The molecule has 1 aliphatic carbocycles. The number of rotatable bonds is 4. The Morgan fingerprint density at radius 1 is 1.07 bits per heavy atom. The van der Waals surface area contributed by atoms with Gasteiger partial charge < -0.3 is 9.47 Å². The van der Waals surface area contributed by atoms with Crippen molar-refractivity contribution in [2.45, 2.75) is 67.2 Å². The molecule has 2 aliphatic rings. The van der Waals surface area contributed by atoms with Gasteiger partial charge in [-0.2, -0.15) is 0 Å². The Labute approximate surface area is 174 Å². The average Bonchev–Trinajstić information content (AvgIpc) is 2.82. The Bertz CT molecular complexity index is 816. The van der Waals surface area contributed by atoms with Crippen LogP contribution in [-0.2, 0) is 31.9 Å². The number of hydrogen-bond donors (Lipinski definition) is 0. The van der Waals surface area contributed by atoms with Gasteiger partial charge in [-0.05, 0) is 70.1 Å². The Morgan fingerprint density at radius 3 is 2.14 bits per heavy atom. The molecule has 4 heteroatoms. The minimum absolute atomic E-state index is 0.0815. The maximum atomic E-state index is 13.7. The first-order valence-electron chi connectivity index (χ1n) is 10.9. The van der Waals surface area contributed by atoms with Crippen LogP contribution in [0.5, 0.6) is 0 Å². The van der Waals surface area contributed by atoms with E-state index in [4.69, 9.17) is 9.47 Å². The highest BCUT2D eigenvalue weighted by Gasteiger charge is 2.46. The molecular formula is C25H34O4. The number of ether oxygens (including phenoxy) is 2. The number of hydrogen-bond acceptors (Lipinski definition) is 4. The predicted molar refractivity (Wildman–Crippen MR) is 114 cm³/mol. The average molecular weight is 399 g/mol. The normalized spacial score (nSPS) is 22.5. The number of fused-ring (bicyclic) bond motifs is 1. The summed E-state index contributed by atoms with van der Waals surface area (Å²) < 4.78 is 11.7. The van der Waals surface area contributed by atoms with Gasteiger partial charge in [0.15, 0.2) is 5.78 Å². The van der Waals surface area contributed by atoms with Crippen LogP contribution >= 0.6 is 0 Å². The van der Waals surface area contributed by atoms with Gasteiger partial charge in [-0.15, -0.1) is 0 Å². The van der Waals surface area contributed by atoms with Gasteiger partial charge in [0, 0.05) is 25.0 Å². The van der Waals surface area contributed by atoms with Gasteiger partial charge in [-0.25, -0.2) is 0 Å². The second kappa shape index (κ2) is 8.43. The lowest BCUT2D eigenvalue weighted by molar-refractivity contribution is -0.149. The van der Waals surface area contributed by atoms with E-state index in [0.717, 1.165) is 29.5 Å². The maximum Gasteiger partial charge on any atom is 0.316 e. The summed E-state index contributed by atoms with van der Waals surface area (Å²) in [6, 6.07) is 4.32. The fourth-order valence-corrected chi connectivity index (χ4v) is 4.49. The van der Waals surface area contributed by atoms with Crippen molar-refractivity contribution in [3.05, 3.63) is 40.1 Å². The summed E-state index contributed by atoms with van der Waals surface area (Å²) >= 11 is 0. The lowest BCUT2D eigenvalue weighted by atomic mass is 9.86. The number of carbonyl (C=O) groups is 2. The van der Waals surface area contributed by atoms with Crippen molar-refractivity contribution in [1.82, 2.24) is 0 Å². The fourth-order valence-electron chi connectivity index (χ4n) is 4.49. The summed E-state index contributed by atoms with van der Waals surface area (Å²) in [5.74, 6) is 0.170. The standard InChI is InChI=1S/C25H34O4/c1-7-16-13-15(3)14-17(8-2)20(16)21-22(26)18-9-11-28-12-10-19(18)23(21)29-24(27)25(4,5)6/h13-14,18-19H,7-12H2,1-6H3. The van der Waals surface area contributed by atoms with Crippen LogP contribution in [0.15, 0.2) is 17.9 Å². The number of aryl methyl sites for hydroxylation is 3. The van der Waals surface area contributed by atoms with E-state index in [1.807, 2.05) is 20.8 Å². The van der Waals surface area contributed by atoms with Gasteiger partial charge in [0.2, 0.25) is 0 Å². The van der Waals surface area contributed by atoms with Gasteiger partial charge in [0.1, 0.15) is 5.76 Å². The van der Waals surface area contributed by atoms with Crippen molar-refractivity contribution in [2.24, 2.45) is 17.3 Å². The van der Waals surface area contributed by atoms with Gasteiger partial charge >= 0.3 is 5.97 Å². The molecule has 158 valence electrons. The quantitative estimate of drug-likeness (QED) is 0.666. The molecule has 29 heavy (non-hydrogen) atoms. The van der Waals surface area contributed by atoms with E-state index in [1.54, 1.807) is 0 Å². The van der Waals surface area contributed by atoms with Crippen molar-refractivity contribution >= 4 is 17.3 Å². The van der Waals surface area contributed by atoms with Crippen LogP contribution in [0.25, 0.3) is 5.57 Å². The lowest BCUT2D eigenvalue weighted by Crippen LogP contribution is -2.25. The summed E-state index contributed by atoms with van der Waals surface area (Å²) in [6.45, 7) is 13.0. The van der Waals surface area contributed by atoms with Crippen LogP contribution < -0.4 is 0 Å². The molecule has 4 nitrogen and oxygen atoms in total. The Hall–Kier alpha value is -1.94. The third-order valence-electron chi connectivity index (χ3n) is 6.07. The van der Waals surface area contributed by atoms with E-state index in [-0.39, 0.29) is 23.6 Å². The summed E-state index contributed by atoms with van der Waals surface area (Å²) in [4.78, 5) is 26.5. The van der Waals surface area contributed by atoms with Crippen LogP contribution in [0.3, 0.4) is 0 Å². The molecule has 3 rings (SSSR count). The maximum absolute atomic E-state index is 13.7. The molecule has 0 amide bonds. The van der Waals surface area contributed by atoms with E-state index >= 15 is 0 Å². The molecule has 1 saturated heterocycles. The van der Waals surface area contributed by atoms with Crippen molar-refractivity contribution in [3.8, 4) is 0 Å². The van der Waals surface area contributed by atoms with E-state index in [2.05, 4.69) is 32.9 Å². The van der Waals surface area contributed by atoms with Crippen LogP contribution in [0.4, 0.5) is 0 Å². The van der Waals surface area contributed by atoms with Gasteiger partial charge in [0.05, 0.1) is 11.0 Å². The highest BCUT2D eigenvalue weighted by Crippen LogP contribution is 2.47. The van der Waals surface area contributed by atoms with Crippen LogP contribution in [0.2, 0.25) is 0 Å². The Morgan fingerprint density at radius 2 is 1.62 bits per heavy atom. The van der Waals surface area contributed by atoms with E-state index < -0.39 is 5.41 Å². The number of Topliss-reactive ketones (excluding diaryl/α,β-unsaturated/α-hetero) is 1. The van der Waals surface area contributed by atoms with Crippen LogP contribution in [0.1, 0.15) is 69.7 Å². The molecule has 0 bridgehead atoms. The smallest absolute Gasteiger partial charge is 0.316 e. The van der Waals surface area contributed by atoms with Crippen molar-refractivity contribution < 1.29 is 19.1 Å². The van der Waals surface area contributed by atoms with Gasteiger partial charge in [0.25, 0.3) is 0 Å². The van der Waals surface area contributed by atoms with E-state index in [0.29, 0.717) is 37.4 Å². The molecule has 0 N–H and O–H groups in total. The number of esters is 1. The topological polar surface area (TPSA) is 52.6 Å². The SMILES string of the molecule is CCc1cc(C)cc(CC)c1C1=C(OC(=O)C(C)(C)C)C2CCOCCC2C1=O. The third-order valence-corrected chi connectivity index (χ3v) is 6.07. The lowest BCUT2D eigenvalue weighted by Gasteiger charge is -2.22. The number of allylic oxidation sites excluding steroid dienone is 2. The second-order valence-electron chi connectivity index (χ2n) is 9.31. The molecule has 0 radical (unpaired) electrons. The van der Waals surface area contributed by atoms with E-state index in [1.165, 1.54) is 5.56 Å². The minimum Gasteiger partial charge on any atom is -0.430 e. The first-order valence-corrected chi connectivity index (χ1v) is 10.9. The van der Waals surface area contributed by atoms with E-state index in [9.17, 15) is 9.59 Å². The molecule has 0 saturated carbocycles. The molecule has 0 spiro atoms. The van der Waals surface area contributed by atoms with Crippen molar-refractivity contribution in [2.75, 3.05) is 13.2 Å². The predicted octanol–water partition coefficient (Wildman–Crippen LogP) is 5.05. The van der Waals surface area contributed by atoms with Crippen LogP contribution in [0, 0.1) is 24.2 Å². The third kappa shape index (κ3) is 4.18. The molecule has 1 aromatic rings. The zero-order valence-corrected chi connectivity index (χ0v) is 18.7. The van der Waals surface area contributed by atoms with Crippen LogP contribution in [-0.4, -0.2) is 25.0 Å². The number of ketones is 1. The molecule has 1 aromatic carbocycles. The molecule has 2 unspecified atom stereocenters. The van der Waals surface area contributed by atoms with Crippen molar-refractivity contribution in [1.29, 1.82) is 0 Å². The Balaban J connectivity index is 2.23. The summed E-state index contributed by atoms with van der Waals surface area (Å²) in [5, 5.41) is 0. The summed E-state index contributed by atoms with van der Waals surface area (Å²) in [6.07, 6.45) is 3.05. The Kier molecular flexibility index (Phi) is 6.33. The fraction of sp³-hybridized carbons (Fsp3) is 0.600. The highest BCUT2D eigenvalue weighted by molar-refractivity contribution is 6.25. The second-order valence-corrected chi connectivity index (χ2v) is 9.31. The first kappa shape index (κ1) is 21.8. The summed E-state index contributed by atoms with van der Waals surface area (Å²) in [5.41, 5.74) is 4.52. The molecule has 0 aromatic heterocycles. The van der Waals surface area contributed by atoms with Crippen molar-refractivity contribution in [3.63, 3.8) is 0 Å². The molecular weight excluding hydrogens is 364 g/mol. The largest absolute Gasteiger partial charge is 0.430 e. The first-order chi connectivity index (χ1) is 13.7. The highest BCUT2D eigenvalue weighted by atomic mass is 16.5. The number of benzene rings is 1. The molecule has 1 aliphatic heterocycles. The molecule has 1 heterocycles. The zero-order chi connectivity index (χ0) is 21.3. The van der Waals surface area contributed by atoms with Gasteiger partial charge in [-0.1, -0.05) is 31.5 Å².